The molecular weight excluding hydrogens is 446 g/mol. The Morgan fingerprint density at radius 2 is 1.79 bits per heavy atom. The van der Waals surface area contributed by atoms with E-state index < -0.39 is 0 Å². The number of benzene rings is 2. The first-order valence-electron chi connectivity index (χ1n) is 11.6. The van der Waals surface area contributed by atoms with Crippen molar-refractivity contribution in [1.29, 1.82) is 5.41 Å². The summed E-state index contributed by atoms with van der Waals surface area (Å²) in [5, 5.41) is 14.9. The highest BCUT2D eigenvalue weighted by Gasteiger charge is 2.24. The number of piperidine rings is 1. The number of hydrogen-bond donors (Lipinski definition) is 3. The fraction of sp³-hybridized carbons (Fsp3) is 0.296. The molecule has 0 aliphatic carbocycles. The molecule has 0 unspecified atom stereocenters. The number of rotatable bonds is 7. The van der Waals surface area contributed by atoms with E-state index in [4.69, 9.17) is 17.0 Å². The van der Waals surface area contributed by atoms with Crippen LogP contribution < -0.4 is 10.6 Å². The van der Waals surface area contributed by atoms with Crippen LogP contribution >= 0.6 is 11.6 Å². The van der Waals surface area contributed by atoms with Crippen LogP contribution in [-0.4, -0.2) is 40.6 Å². The zero-order valence-electron chi connectivity index (χ0n) is 19.6. The third-order valence-electron chi connectivity index (χ3n) is 6.12. The smallest absolute Gasteiger partial charge is 0.258 e. The van der Waals surface area contributed by atoms with Gasteiger partial charge in [-0.3, -0.25) is 9.69 Å². The predicted molar refractivity (Wildman–Crippen MR) is 139 cm³/mol. The Morgan fingerprint density at radius 3 is 2.44 bits per heavy atom. The Kier molecular flexibility index (Phi) is 7.60. The zero-order valence-corrected chi connectivity index (χ0v) is 20.3. The standard InChI is InChI=1S/C27H30ClN5O/c1-18-8-10-21(11-9-18)32-27(34)23-16-30-26(24(19(2)29)25(23)28)31-22-12-14-33(15-13-22)17-20-6-4-3-5-7-20/h3-11,16,22,29H,12-15,17H2,1-2H3,(H,30,31)(H,32,34). The second kappa shape index (κ2) is 10.8. The number of carbonyl (C=O) groups excluding carboxylic acids is 1. The van der Waals surface area contributed by atoms with Crippen LogP contribution in [0, 0.1) is 12.3 Å². The van der Waals surface area contributed by atoms with E-state index in [0.29, 0.717) is 17.1 Å². The maximum Gasteiger partial charge on any atom is 0.258 e. The third-order valence-corrected chi connectivity index (χ3v) is 6.51. The van der Waals surface area contributed by atoms with Crippen LogP contribution in [0.1, 0.15) is 46.8 Å². The highest BCUT2D eigenvalue weighted by molar-refractivity contribution is 6.38. The lowest BCUT2D eigenvalue weighted by Crippen LogP contribution is -2.39. The summed E-state index contributed by atoms with van der Waals surface area (Å²) in [6, 6.07) is 18.3. The van der Waals surface area contributed by atoms with Crippen molar-refractivity contribution in [2.24, 2.45) is 0 Å². The van der Waals surface area contributed by atoms with Gasteiger partial charge in [0, 0.05) is 43.3 Å². The predicted octanol–water partition coefficient (Wildman–Crippen LogP) is 5.76. The Labute approximate surface area is 205 Å². The number of aromatic nitrogens is 1. The lowest BCUT2D eigenvalue weighted by Gasteiger charge is -2.33. The second-order valence-electron chi connectivity index (χ2n) is 8.83. The van der Waals surface area contributed by atoms with Gasteiger partial charge in [-0.15, -0.1) is 0 Å². The molecule has 0 radical (unpaired) electrons. The number of anilines is 2. The van der Waals surface area contributed by atoms with E-state index in [1.165, 1.54) is 11.8 Å². The lowest BCUT2D eigenvalue weighted by atomic mass is 10.0. The highest BCUT2D eigenvalue weighted by atomic mass is 35.5. The van der Waals surface area contributed by atoms with Gasteiger partial charge in [-0.2, -0.15) is 0 Å². The number of nitrogens with zero attached hydrogens (tertiary/aromatic N) is 2. The molecule has 0 atom stereocenters. The molecule has 34 heavy (non-hydrogen) atoms. The number of amides is 1. The normalized spacial score (nSPS) is 14.6. The van der Waals surface area contributed by atoms with E-state index in [1.807, 2.05) is 37.3 Å². The summed E-state index contributed by atoms with van der Waals surface area (Å²) >= 11 is 6.64. The van der Waals surface area contributed by atoms with Crippen molar-refractivity contribution in [3.8, 4) is 0 Å². The summed E-state index contributed by atoms with van der Waals surface area (Å²) in [5.41, 5.74) is 4.12. The van der Waals surface area contributed by atoms with Crippen molar-refractivity contribution in [3.05, 3.63) is 88.1 Å². The Bertz CT molecular complexity index is 1160. The fourth-order valence-electron chi connectivity index (χ4n) is 4.20. The molecule has 3 aromatic rings. The number of carbonyl (C=O) groups is 1. The molecule has 1 aliphatic heterocycles. The number of pyridine rings is 1. The summed E-state index contributed by atoms with van der Waals surface area (Å²) in [6.45, 7) is 6.57. The minimum atomic E-state index is -0.343. The van der Waals surface area contributed by atoms with Gasteiger partial charge in [-0.05, 0) is 44.4 Å². The SMILES string of the molecule is CC(=N)c1c(NC2CCN(Cc3ccccc3)CC2)ncc(C(=O)Nc2ccc(C)cc2)c1Cl. The molecule has 176 valence electrons. The molecule has 0 spiro atoms. The van der Waals surface area contributed by atoms with Gasteiger partial charge in [-0.25, -0.2) is 4.98 Å². The Balaban J connectivity index is 1.43. The van der Waals surface area contributed by atoms with E-state index in [2.05, 4.69) is 44.8 Å². The van der Waals surface area contributed by atoms with Crippen molar-refractivity contribution >= 4 is 34.7 Å². The maximum absolute atomic E-state index is 12.9. The molecular formula is C27H30ClN5O. The van der Waals surface area contributed by atoms with Crippen LogP contribution in [0.2, 0.25) is 5.02 Å². The third kappa shape index (κ3) is 5.82. The van der Waals surface area contributed by atoms with Crippen LogP contribution in [0.15, 0.2) is 60.8 Å². The summed E-state index contributed by atoms with van der Waals surface area (Å²) < 4.78 is 0. The Morgan fingerprint density at radius 1 is 1.12 bits per heavy atom. The van der Waals surface area contributed by atoms with Crippen molar-refractivity contribution < 1.29 is 4.79 Å². The van der Waals surface area contributed by atoms with E-state index in [9.17, 15) is 4.79 Å². The average Bonchev–Trinajstić information content (AvgIpc) is 2.82. The van der Waals surface area contributed by atoms with Gasteiger partial charge in [0.1, 0.15) is 5.82 Å². The summed E-state index contributed by atoms with van der Waals surface area (Å²) in [7, 11) is 0. The van der Waals surface area contributed by atoms with E-state index in [0.717, 1.165) is 38.0 Å². The van der Waals surface area contributed by atoms with Gasteiger partial charge in [-0.1, -0.05) is 59.6 Å². The van der Waals surface area contributed by atoms with Gasteiger partial charge < -0.3 is 16.0 Å². The molecule has 1 aliphatic rings. The zero-order chi connectivity index (χ0) is 24.1. The molecule has 1 amide bonds. The quantitative estimate of drug-likeness (QED) is 0.379. The monoisotopic (exact) mass is 475 g/mol. The summed E-state index contributed by atoms with van der Waals surface area (Å²) in [4.78, 5) is 19.8. The minimum absolute atomic E-state index is 0.237. The first-order valence-corrected chi connectivity index (χ1v) is 11.9. The van der Waals surface area contributed by atoms with Gasteiger partial charge >= 0.3 is 0 Å². The molecule has 6 nitrogen and oxygen atoms in total. The van der Waals surface area contributed by atoms with Crippen molar-refractivity contribution in [3.63, 3.8) is 0 Å². The first-order chi connectivity index (χ1) is 16.4. The van der Waals surface area contributed by atoms with Gasteiger partial charge in [0.05, 0.1) is 16.1 Å². The average molecular weight is 476 g/mol. The van der Waals surface area contributed by atoms with E-state index >= 15 is 0 Å². The van der Waals surface area contributed by atoms with Gasteiger partial charge in [0.25, 0.3) is 5.91 Å². The highest BCUT2D eigenvalue weighted by Crippen LogP contribution is 2.29. The topological polar surface area (TPSA) is 81.1 Å². The first kappa shape index (κ1) is 23.9. The number of likely N-dealkylation sites (tertiary alicyclic amines) is 1. The van der Waals surface area contributed by atoms with E-state index in [-0.39, 0.29) is 28.2 Å². The summed E-state index contributed by atoms with van der Waals surface area (Å²) in [6.07, 6.45) is 3.43. The Hall–Kier alpha value is -3.22. The number of aryl methyl sites for hydroxylation is 1. The molecule has 1 saturated heterocycles. The second-order valence-corrected chi connectivity index (χ2v) is 9.21. The number of hydrogen-bond acceptors (Lipinski definition) is 5. The lowest BCUT2D eigenvalue weighted by molar-refractivity contribution is 0.102. The molecule has 2 heterocycles. The minimum Gasteiger partial charge on any atom is -0.367 e. The maximum atomic E-state index is 12.9. The molecule has 7 heteroatoms. The van der Waals surface area contributed by atoms with Crippen molar-refractivity contribution in [2.75, 3.05) is 23.7 Å². The van der Waals surface area contributed by atoms with Crippen molar-refractivity contribution in [1.82, 2.24) is 9.88 Å². The molecule has 0 saturated carbocycles. The molecule has 1 aromatic heterocycles. The largest absolute Gasteiger partial charge is 0.367 e. The van der Waals surface area contributed by atoms with Crippen LogP contribution in [-0.2, 0) is 6.54 Å². The van der Waals surface area contributed by atoms with Crippen LogP contribution in [0.3, 0.4) is 0 Å². The van der Waals surface area contributed by atoms with Crippen LogP contribution in [0.25, 0.3) is 0 Å². The van der Waals surface area contributed by atoms with Gasteiger partial charge in [0.2, 0.25) is 0 Å². The molecule has 0 bridgehead atoms. The molecule has 1 fully saturated rings. The summed E-state index contributed by atoms with van der Waals surface area (Å²) in [5.74, 6) is 0.218. The van der Waals surface area contributed by atoms with Crippen LogP contribution in [0.5, 0.6) is 0 Å². The molecule has 3 N–H and O–H groups in total. The van der Waals surface area contributed by atoms with Crippen molar-refractivity contribution in [2.45, 2.75) is 39.3 Å². The number of nitrogens with one attached hydrogen (secondary N) is 3. The molecule has 2 aromatic carbocycles. The van der Waals surface area contributed by atoms with E-state index in [1.54, 1.807) is 6.92 Å². The van der Waals surface area contributed by atoms with Gasteiger partial charge in [0.15, 0.2) is 0 Å². The fourth-order valence-corrected chi connectivity index (χ4v) is 4.57. The number of halogens is 1. The van der Waals surface area contributed by atoms with Crippen LogP contribution in [0.4, 0.5) is 11.5 Å². The molecule has 4 rings (SSSR count).